The highest BCUT2D eigenvalue weighted by atomic mass is 16.2. The van der Waals surface area contributed by atoms with Gasteiger partial charge in [0, 0.05) is 19.1 Å². The predicted octanol–water partition coefficient (Wildman–Crippen LogP) is 0.918. The SMILES string of the molecule is CC(CC1CCCCN1)N(C)C(N)=O. The zero-order chi connectivity index (χ0) is 10.6. The second-order valence-corrected chi connectivity index (χ2v) is 4.18. The number of hydrogen-bond acceptors (Lipinski definition) is 2. The van der Waals surface area contributed by atoms with Gasteiger partial charge in [0.05, 0.1) is 0 Å². The zero-order valence-corrected chi connectivity index (χ0v) is 9.12. The first-order chi connectivity index (χ1) is 6.61. The Hall–Kier alpha value is -0.770. The molecule has 0 bridgehead atoms. The van der Waals surface area contributed by atoms with Crippen LogP contribution in [0.3, 0.4) is 0 Å². The Balaban J connectivity index is 2.31. The number of rotatable bonds is 3. The van der Waals surface area contributed by atoms with E-state index in [1.165, 1.54) is 19.3 Å². The molecular weight excluding hydrogens is 178 g/mol. The maximum absolute atomic E-state index is 10.9. The molecule has 82 valence electrons. The average molecular weight is 199 g/mol. The molecule has 2 atom stereocenters. The lowest BCUT2D eigenvalue weighted by atomic mass is 9.98. The van der Waals surface area contributed by atoms with Gasteiger partial charge in [-0.05, 0) is 32.7 Å². The standard InChI is InChI=1S/C10H21N3O/c1-8(13(2)10(11)14)7-9-5-3-4-6-12-9/h8-9,12H,3-7H2,1-2H3,(H2,11,14). The number of carbonyl (C=O) groups is 1. The van der Waals surface area contributed by atoms with Crippen molar-refractivity contribution in [3.8, 4) is 0 Å². The summed E-state index contributed by atoms with van der Waals surface area (Å²) >= 11 is 0. The molecule has 0 aliphatic carbocycles. The number of urea groups is 1. The van der Waals surface area contributed by atoms with Crippen LogP contribution in [0, 0.1) is 0 Å². The zero-order valence-electron chi connectivity index (χ0n) is 9.12. The van der Waals surface area contributed by atoms with Crippen molar-refractivity contribution < 1.29 is 4.79 Å². The normalized spacial score (nSPS) is 24.3. The lowest BCUT2D eigenvalue weighted by molar-refractivity contribution is 0.193. The van der Waals surface area contributed by atoms with Gasteiger partial charge >= 0.3 is 6.03 Å². The van der Waals surface area contributed by atoms with Gasteiger partial charge in [-0.25, -0.2) is 4.79 Å². The first kappa shape index (κ1) is 11.3. The van der Waals surface area contributed by atoms with Crippen LogP contribution in [-0.2, 0) is 0 Å². The summed E-state index contributed by atoms with van der Waals surface area (Å²) in [4.78, 5) is 12.5. The minimum Gasteiger partial charge on any atom is -0.351 e. The topological polar surface area (TPSA) is 58.4 Å². The summed E-state index contributed by atoms with van der Waals surface area (Å²) in [5, 5.41) is 3.47. The second kappa shape index (κ2) is 5.20. The van der Waals surface area contributed by atoms with Crippen LogP contribution in [0.4, 0.5) is 4.79 Å². The van der Waals surface area contributed by atoms with Gasteiger partial charge in [-0.15, -0.1) is 0 Å². The van der Waals surface area contributed by atoms with E-state index >= 15 is 0 Å². The highest BCUT2D eigenvalue weighted by molar-refractivity contribution is 5.71. The van der Waals surface area contributed by atoms with Crippen LogP contribution in [0.15, 0.2) is 0 Å². The van der Waals surface area contributed by atoms with E-state index in [0.717, 1.165) is 13.0 Å². The van der Waals surface area contributed by atoms with E-state index in [1.807, 2.05) is 6.92 Å². The molecule has 1 aliphatic rings. The number of nitrogens with two attached hydrogens (primary N) is 1. The van der Waals surface area contributed by atoms with Crippen molar-refractivity contribution in [2.24, 2.45) is 5.73 Å². The van der Waals surface area contributed by atoms with Crippen LogP contribution in [0.1, 0.15) is 32.6 Å². The monoisotopic (exact) mass is 199 g/mol. The molecule has 2 amide bonds. The number of primary amides is 1. The van der Waals surface area contributed by atoms with Gasteiger partial charge in [0.2, 0.25) is 0 Å². The van der Waals surface area contributed by atoms with Crippen molar-refractivity contribution in [2.75, 3.05) is 13.6 Å². The summed E-state index contributed by atoms with van der Waals surface area (Å²) in [6, 6.07) is 0.442. The molecule has 0 radical (unpaired) electrons. The third kappa shape index (κ3) is 3.18. The van der Waals surface area contributed by atoms with E-state index in [0.29, 0.717) is 6.04 Å². The van der Waals surface area contributed by atoms with Crippen molar-refractivity contribution in [1.29, 1.82) is 0 Å². The van der Waals surface area contributed by atoms with E-state index in [9.17, 15) is 4.79 Å². The lowest BCUT2D eigenvalue weighted by Gasteiger charge is -2.30. The molecule has 0 spiro atoms. The third-order valence-electron chi connectivity index (χ3n) is 3.05. The Labute approximate surface area is 85.8 Å². The first-order valence-corrected chi connectivity index (χ1v) is 5.37. The predicted molar refractivity (Wildman–Crippen MR) is 57.1 cm³/mol. The first-order valence-electron chi connectivity index (χ1n) is 5.37. The lowest BCUT2D eigenvalue weighted by Crippen LogP contribution is -2.44. The van der Waals surface area contributed by atoms with Crippen LogP contribution in [0.2, 0.25) is 0 Å². The summed E-state index contributed by atoms with van der Waals surface area (Å²) in [5.41, 5.74) is 5.21. The molecule has 0 aromatic carbocycles. The number of nitrogens with zero attached hydrogens (tertiary/aromatic N) is 1. The number of nitrogens with one attached hydrogen (secondary N) is 1. The molecule has 3 N–H and O–H groups in total. The Morgan fingerprint density at radius 3 is 2.86 bits per heavy atom. The van der Waals surface area contributed by atoms with Gasteiger partial charge < -0.3 is 16.0 Å². The number of piperidine rings is 1. The van der Waals surface area contributed by atoms with Crippen LogP contribution in [0.25, 0.3) is 0 Å². The molecule has 1 aliphatic heterocycles. The molecular formula is C10H21N3O. The van der Waals surface area contributed by atoms with Crippen molar-refractivity contribution >= 4 is 6.03 Å². The van der Waals surface area contributed by atoms with E-state index < -0.39 is 0 Å². The molecule has 4 nitrogen and oxygen atoms in total. The number of carbonyl (C=O) groups excluding carboxylic acids is 1. The fourth-order valence-corrected chi connectivity index (χ4v) is 1.91. The van der Waals surface area contributed by atoms with Crippen LogP contribution in [0.5, 0.6) is 0 Å². The molecule has 1 saturated heterocycles. The third-order valence-corrected chi connectivity index (χ3v) is 3.05. The molecule has 0 saturated carbocycles. The van der Waals surface area contributed by atoms with Gasteiger partial charge in [0.25, 0.3) is 0 Å². The van der Waals surface area contributed by atoms with E-state index in [2.05, 4.69) is 5.32 Å². The molecule has 0 aromatic rings. The Morgan fingerprint density at radius 2 is 2.36 bits per heavy atom. The quantitative estimate of drug-likeness (QED) is 0.710. The molecule has 1 fully saturated rings. The van der Waals surface area contributed by atoms with Gasteiger partial charge in [0.1, 0.15) is 0 Å². The maximum Gasteiger partial charge on any atom is 0.314 e. The van der Waals surface area contributed by atoms with Crippen molar-refractivity contribution in [3.63, 3.8) is 0 Å². The fraction of sp³-hybridized carbons (Fsp3) is 0.900. The maximum atomic E-state index is 10.9. The number of hydrogen-bond donors (Lipinski definition) is 2. The Kier molecular flexibility index (Phi) is 4.20. The highest BCUT2D eigenvalue weighted by Gasteiger charge is 2.19. The highest BCUT2D eigenvalue weighted by Crippen LogP contribution is 2.13. The number of amides is 2. The van der Waals surface area contributed by atoms with Gasteiger partial charge in [-0.2, -0.15) is 0 Å². The van der Waals surface area contributed by atoms with E-state index in [4.69, 9.17) is 5.73 Å². The Bertz CT molecular complexity index is 190. The van der Waals surface area contributed by atoms with Gasteiger partial charge in [0.15, 0.2) is 0 Å². The van der Waals surface area contributed by atoms with Crippen molar-refractivity contribution in [1.82, 2.24) is 10.2 Å². The summed E-state index contributed by atoms with van der Waals surface area (Å²) in [7, 11) is 1.76. The van der Waals surface area contributed by atoms with Crippen molar-refractivity contribution in [3.05, 3.63) is 0 Å². The summed E-state index contributed by atoms with van der Waals surface area (Å²) in [5.74, 6) is 0. The largest absolute Gasteiger partial charge is 0.351 e. The van der Waals surface area contributed by atoms with Crippen LogP contribution < -0.4 is 11.1 Å². The van der Waals surface area contributed by atoms with Gasteiger partial charge in [-0.3, -0.25) is 0 Å². The average Bonchev–Trinajstić information content (AvgIpc) is 2.18. The molecule has 1 heterocycles. The second-order valence-electron chi connectivity index (χ2n) is 4.18. The summed E-state index contributed by atoms with van der Waals surface area (Å²) in [6.45, 7) is 3.15. The minimum atomic E-state index is -0.340. The van der Waals surface area contributed by atoms with Crippen LogP contribution in [-0.4, -0.2) is 36.6 Å². The molecule has 14 heavy (non-hydrogen) atoms. The van der Waals surface area contributed by atoms with Crippen molar-refractivity contribution in [2.45, 2.75) is 44.7 Å². The summed E-state index contributed by atoms with van der Waals surface area (Å²) in [6.07, 6.45) is 4.79. The molecule has 0 aromatic heterocycles. The smallest absolute Gasteiger partial charge is 0.314 e. The Morgan fingerprint density at radius 1 is 1.64 bits per heavy atom. The summed E-state index contributed by atoms with van der Waals surface area (Å²) < 4.78 is 0. The van der Waals surface area contributed by atoms with Crippen LogP contribution >= 0.6 is 0 Å². The van der Waals surface area contributed by atoms with E-state index in [-0.39, 0.29) is 12.1 Å². The molecule has 1 rings (SSSR count). The minimum absolute atomic E-state index is 0.225. The van der Waals surface area contributed by atoms with Gasteiger partial charge in [-0.1, -0.05) is 6.42 Å². The molecule has 4 heteroatoms. The van der Waals surface area contributed by atoms with E-state index in [1.54, 1.807) is 11.9 Å². The molecule has 2 unspecified atom stereocenters. The fourth-order valence-electron chi connectivity index (χ4n) is 1.91.